The van der Waals surface area contributed by atoms with E-state index in [1.165, 1.54) is 19.9 Å². The molecule has 2 heterocycles. The Morgan fingerprint density at radius 2 is 1.89 bits per heavy atom. The number of aromatic hydroxyl groups is 2. The van der Waals surface area contributed by atoms with E-state index in [9.17, 15) is 24.6 Å². The Labute approximate surface area is 200 Å². The number of hydrogen-bond donors (Lipinski definition) is 4. The molecule has 1 aliphatic heterocycles. The Morgan fingerprint density at radius 1 is 1.14 bits per heavy atom. The molecule has 1 aromatic heterocycles. The largest absolute Gasteiger partial charge is 0.507 e. The number of nitrogens with one attached hydrogen (secondary N) is 2. The van der Waals surface area contributed by atoms with Crippen LogP contribution in [0.15, 0.2) is 53.6 Å². The Hall–Kier alpha value is -4.33. The lowest BCUT2D eigenvalue weighted by molar-refractivity contribution is -0.123. The molecule has 35 heavy (non-hydrogen) atoms. The SMILES string of the molecule is CC(=O)c1c(O)c(C)c(O)c2c1OC1=CC(=O)/C(=C(/C)NCc3cccc4[nH]ccc34)C(=O)[C@]12C. The van der Waals surface area contributed by atoms with E-state index in [2.05, 4.69) is 10.3 Å². The van der Waals surface area contributed by atoms with Gasteiger partial charge in [-0.3, -0.25) is 14.4 Å². The van der Waals surface area contributed by atoms with Crippen LogP contribution in [0.1, 0.15) is 47.8 Å². The van der Waals surface area contributed by atoms with Crippen LogP contribution in [0.5, 0.6) is 17.2 Å². The number of carbonyl (C=O) groups excluding carboxylic acids is 3. The van der Waals surface area contributed by atoms with Gasteiger partial charge in [-0.2, -0.15) is 0 Å². The average molecular weight is 472 g/mol. The summed E-state index contributed by atoms with van der Waals surface area (Å²) in [5.74, 6) is -2.43. The molecule has 2 aliphatic rings. The topological polar surface area (TPSA) is 129 Å². The van der Waals surface area contributed by atoms with Crippen LogP contribution < -0.4 is 10.1 Å². The number of phenolic OH excluding ortho intramolecular Hbond substituents is 2. The summed E-state index contributed by atoms with van der Waals surface area (Å²) in [6, 6.07) is 7.81. The Bertz CT molecular complexity index is 1540. The van der Waals surface area contributed by atoms with Gasteiger partial charge in [0.25, 0.3) is 0 Å². The zero-order valence-corrected chi connectivity index (χ0v) is 19.7. The lowest BCUT2D eigenvalue weighted by Gasteiger charge is -2.29. The quantitative estimate of drug-likeness (QED) is 0.258. The maximum Gasteiger partial charge on any atom is 0.194 e. The third-order valence-electron chi connectivity index (χ3n) is 6.99. The van der Waals surface area contributed by atoms with Crippen molar-refractivity contribution >= 4 is 28.3 Å². The number of phenols is 2. The molecule has 4 N–H and O–H groups in total. The molecule has 8 nitrogen and oxygen atoms in total. The fourth-order valence-electron chi connectivity index (χ4n) is 4.98. The van der Waals surface area contributed by atoms with E-state index in [1.807, 2.05) is 30.5 Å². The van der Waals surface area contributed by atoms with Crippen LogP contribution in [0.25, 0.3) is 10.9 Å². The van der Waals surface area contributed by atoms with Crippen molar-refractivity contribution in [1.29, 1.82) is 0 Å². The normalized spacial score (nSPS) is 20.3. The molecular weight excluding hydrogens is 448 g/mol. The van der Waals surface area contributed by atoms with Gasteiger partial charge in [0.2, 0.25) is 0 Å². The number of ketones is 3. The number of H-pyrrole nitrogens is 1. The van der Waals surface area contributed by atoms with Crippen molar-refractivity contribution in [2.24, 2.45) is 0 Å². The molecule has 0 amide bonds. The van der Waals surface area contributed by atoms with Gasteiger partial charge in [0.05, 0.1) is 11.1 Å². The smallest absolute Gasteiger partial charge is 0.194 e. The minimum atomic E-state index is -1.53. The number of allylic oxidation sites excluding steroid dienone is 4. The molecule has 2 aromatic carbocycles. The van der Waals surface area contributed by atoms with Crippen molar-refractivity contribution in [2.45, 2.75) is 39.7 Å². The molecule has 3 aromatic rings. The molecule has 0 bridgehead atoms. The molecule has 1 atom stereocenters. The number of rotatable bonds is 4. The van der Waals surface area contributed by atoms with E-state index < -0.39 is 28.5 Å². The summed E-state index contributed by atoms with van der Waals surface area (Å²) in [4.78, 5) is 42.3. The lowest BCUT2D eigenvalue weighted by atomic mass is 9.70. The fraction of sp³-hybridized carbons (Fsp3) is 0.222. The predicted octanol–water partition coefficient (Wildman–Crippen LogP) is 3.84. The van der Waals surface area contributed by atoms with E-state index in [-0.39, 0.29) is 39.5 Å². The van der Waals surface area contributed by atoms with Crippen molar-refractivity contribution in [3.05, 3.63) is 75.8 Å². The van der Waals surface area contributed by atoms with Crippen molar-refractivity contribution < 1.29 is 29.3 Å². The monoisotopic (exact) mass is 472 g/mol. The van der Waals surface area contributed by atoms with Crippen molar-refractivity contribution in [1.82, 2.24) is 10.3 Å². The molecule has 1 aliphatic carbocycles. The predicted molar refractivity (Wildman–Crippen MR) is 128 cm³/mol. The maximum atomic E-state index is 13.9. The fourth-order valence-corrected chi connectivity index (χ4v) is 4.98. The molecule has 0 unspecified atom stereocenters. The molecule has 0 saturated carbocycles. The summed E-state index contributed by atoms with van der Waals surface area (Å²) in [5.41, 5.74) is 0.777. The highest BCUT2D eigenvalue weighted by Crippen LogP contribution is 2.57. The first kappa shape index (κ1) is 22.5. The highest BCUT2D eigenvalue weighted by molar-refractivity contribution is 6.31. The maximum absolute atomic E-state index is 13.9. The highest BCUT2D eigenvalue weighted by atomic mass is 16.5. The zero-order chi connectivity index (χ0) is 25.2. The minimum Gasteiger partial charge on any atom is -0.507 e. The standard InChI is InChI=1S/C27H24N2O6/c1-12-23(32)21(14(3)30)25-22(24(12)33)27(4)19(35-25)10-18(31)20(26(27)34)13(2)29-11-15-6-5-7-17-16(15)8-9-28-17/h5-10,28-29,32-33H,11H2,1-4H3/b20-13+/t27-/m1/s1. The van der Waals surface area contributed by atoms with E-state index in [1.54, 1.807) is 13.8 Å². The van der Waals surface area contributed by atoms with Crippen LogP contribution in [-0.4, -0.2) is 32.5 Å². The van der Waals surface area contributed by atoms with Gasteiger partial charge in [0.15, 0.2) is 17.3 Å². The number of aromatic amines is 1. The summed E-state index contributed by atoms with van der Waals surface area (Å²) >= 11 is 0. The van der Waals surface area contributed by atoms with Gasteiger partial charge < -0.3 is 25.3 Å². The average Bonchev–Trinajstić information content (AvgIpc) is 3.39. The van der Waals surface area contributed by atoms with Crippen LogP contribution >= 0.6 is 0 Å². The Kier molecular flexibility index (Phi) is 4.87. The van der Waals surface area contributed by atoms with Gasteiger partial charge in [0, 0.05) is 41.0 Å². The summed E-state index contributed by atoms with van der Waals surface area (Å²) in [5, 5.41) is 25.6. The van der Waals surface area contributed by atoms with Crippen LogP contribution in [-0.2, 0) is 21.5 Å². The van der Waals surface area contributed by atoms with Crippen LogP contribution in [0.4, 0.5) is 0 Å². The van der Waals surface area contributed by atoms with Crippen LogP contribution in [0, 0.1) is 6.92 Å². The summed E-state index contributed by atoms with van der Waals surface area (Å²) in [6.45, 7) is 6.30. The first-order valence-electron chi connectivity index (χ1n) is 11.2. The van der Waals surface area contributed by atoms with Gasteiger partial charge in [-0.15, -0.1) is 0 Å². The number of aromatic nitrogens is 1. The third-order valence-corrected chi connectivity index (χ3v) is 6.99. The van der Waals surface area contributed by atoms with Crippen LogP contribution in [0.2, 0.25) is 0 Å². The van der Waals surface area contributed by atoms with E-state index in [4.69, 9.17) is 4.74 Å². The zero-order valence-electron chi connectivity index (χ0n) is 19.7. The first-order chi connectivity index (χ1) is 16.6. The summed E-state index contributed by atoms with van der Waals surface area (Å²) < 4.78 is 5.79. The van der Waals surface area contributed by atoms with Crippen molar-refractivity contribution in [3.8, 4) is 17.2 Å². The second kappa shape index (κ2) is 7.59. The van der Waals surface area contributed by atoms with E-state index in [0.717, 1.165) is 16.5 Å². The Balaban J connectivity index is 1.60. The molecule has 0 radical (unpaired) electrons. The second-order valence-corrected chi connectivity index (χ2v) is 9.10. The number of benzene rings is 2. The van der Waals surface area contributed by atoms with E-state index >= 15 is 0 Å². The molecule has 178 valence electrons. The van der Waals surface area contributed by atoms with E-state index in [0.29, 0.717) is 12.2 Å². The molecule has 0 saturated heterocycles. The first-order valence-corrected chi connectivity index (χ1v) is 11.2. The molecular formula is C27H24N2O6. The van der Waals surface area contributed by atoms with Gasteiger partial charge in [0.1, 0.15) is 34.0 Å². The number of ether oxygens (including phenoxy) is 1. The molecule has 8 heteroatoms. The third kappa shape index (κ3) is 3.02. The number of fused-ring (bicyclic) bond motifs is 4. The molecule has 0 spiro atoms. The van der Waals surface area contributed by atoms with Crippen molar-refractivity contribution in [2.75, 3.05) is 0 Å². The van der Waals surface area contributed by atoms with Crippen LogP contribution in [0.3, 0.4) is 0 Å². The van der Waals surface area contributed by atoms with Gasteiger partial charge in [-0.25, -0.2) is 0 Å². The number of carbonyl (C=O) groups is 3. The lowest BCUT2D eigenvalue weighted by Crippen LogP contribution is -2.41. The van der Waals surface area contributed by atoms with Gasteiger partial charge in [-0.05, 0) is 45.4 Å². The van der Waals surface area contributed by atoms with Crippen molar-refractivity contribution in [3.63, 3.8) is 0 Å². The van der Waals surface area contributed by atoms with Gasteiger partial charge >= 0.3 is 0 Å². The second-order valence-electron chi connectivity index (χ2n) is 9.10. The summed E-state index contributed by atoms with van der Waals surface area (Å²) in [6.07, 6.45) is 3.06. The molecule has 0 fully saturated rings. The highest BCUT2D eigenvalue weighted by Gasteiger charge is 2.56. The number of hydrogen-bond acceptors (Lipinski definition) is 7. The van der Waals surface area contributed by atoms with Gasteiger partial charge in [-0.1, -0.05) is 12.1 Å². The Morgan fingerprint density at radius 3 is 2.60 bits per heavy atom. The molecule has 5 rings (SSSR count). The summed E-state index contributed by atoms with van der Waals surface area (Å²) in [7, 11) is 0. The minimum absolute atomic E-state index is 0.0129. The number of Topliss-reactive ketones (excluding diaryl/α,β-unsaturated/α-hetero) is 2.